The van der Waals surface area contributed by atoms with Gasteiger partial charge in [0.05, 0.1) is 0 Å². The largest absolute Gasteiger partial charge is 0.337 e. The fourth-order valence-electron chi connectivity index (χ4n) is 2.58. The van der Waals surface area contributed by atoms with Crippen LogP contribution in [-0.2, 0) is 4.79 Å². The smallest absolute Gasteiger partial charge is 0.223 e. The molecule has 0 aliphatic carbocycles. The summed E-state index contributed by atoms with van der Waals surface area (Å²) >= 11 is 0. The van der Waals surface area contributed by atoms with Gasteiger partial charge >= 0.3 is 0 Å². The molecule has 3 nitrogen and oxygen atoms in total. The molecule has 1 amide bonds. The van der Waals surface area contributed by atoms with Crippen molar-refractivity contribution in [2.45, 2.75) is 45.6 Å². The van der Waals surface area contributed by atoms with Crippen LogP contribution >= 0.6 is 0 Å². The van der Waals surface area contributed by atoms with E-state index in [1.54, 1.807) is 0 Å². The van der Waals surface area contributed by atoms with Crippen LogP contribution in [-0.4, -0.2) is 36.5 Å². The topological polar surface area (TPSA) is 32.3 Å². The molecule has 1 rings (SSSR count). The Morgan fingerprint density at radius 3 is 2.67 bits per heavy atom. The minimum absolute atomic E-state index is 0.0656. The minimum atomic E-state index is 0.0656. The highest BCUT2D eigenvalue weighted by molar-refractivity contribution is 5.77. The maximum atomic E-state index is 12.0. The molecule has 0 aromatic rings. The van der Waals surface area contributed by atoms with Crippen LogP contribution in [0.5, 0.6) is 0 Å². The maximum absolute atomic E-state index is 12.0. The first-order chi connectivity index (χ1) is 6.97. The Labute approximate surface area is 93.2 Å². The molecule has 15 heavy (non-hydrogen) atoms. The van der Waals surface area contributed by atoms with Gasteiger partial charge in [0.1, 0.15) is 0 Å². The molecule has 1 aliphatic rings. The third-order valence-corrected chi connectivity index (χ3v) is 3.19. The van der Waals surface area contributed by atoms with Crippen molar-refractivity contribution in [2.75, 3.05) is 20.1 Å². The van der Waals surface area contributed by atoms with Crippen LogP contribution in [0.2, 0.25) is 0 Å². The lowest BCUT2D eigenvalue weighted by Crippen LogP contribution is -2.42. The standard InChI is InChI=1S/C12H24N2O/c1-10-8-12(2,3)14(9-10)11(15)6-5-7-13-4/h10,13H,5-9H2,1-4H3. The van der Waals surface area contributed by atoms with Crippen molar-refractivity contribution < 1.29 is 4.79 Å². The van der Waals surface area contributed by atoms with Gasteiger partial charge in [-0.05, 0) is 46.2 Å². The Balaban J connectivity index is 2.45. The molecular formula is C12H24N2O. The molecular weight excluding hydrogens is 188 g/mol. The van der Waals surface area contributed by atoms with E-state index < -0.39 is 0 Å². The van der Waals surface area contributed by atoms with Crippen molar-refractivity contribution in [1.82, 2.24) is 10.2 Å². The predicted octanol–water partition coefficient (Wildman–Crippen LogP) is 1.63. The monoisotopic (exact) mass is 212 g/mol. The fraction of sp³-hybridized carbons (Fsp3) is 0.917. The molecule has 0 aromatic carbocycles. The predicted molar refractivity (Wildman–Crippen MR) is 62.7 cm³/mol. The molecule has 0 radical (unpaired) electrons. The summed E-state index contributed by atoms with van der Waals surface area (Å²) in [4.78, 5) is 14.0. The number of hydrogen-bond donors (Lipinski definition) is 1. The van der Waals surface area contributed by atoms with E-state index in [2.05, 4.69) is 31.0 Å². The number of carbonyl (C=O) groups excluding carboxylic acids is 1. The zero-order chi connectivity index (χ0) is 11.5. The normalized spacial score (nSPS) is 24.5. The molecule has 0 spiro atoms. The molecule has 0 bridgehead atoms. The van der Waals surface area contributed by atoms with Crippen LogP contribution in [0, 0.1) is 5.92 Å². The molecule has 1 N–H and O–H groups in total. The summed E-state index contributed by atoms with van der Waals surface area (Å²) in [6.07, 6.45) is 2.75. The number of carbonyl (C=O) groups is 1. The average Bonchev–Trinajstić information content (AvgIpc) is 2.39. The summed E-state index contributed by atoms with van der Waals surface area (Å²) in [7, 11) is 1.92. The number of rotatable bonds is 4. The van der Waals surface area contributed by atoms with Gasteiger partial charge in [-0.15, -0.1) is 0 Å². The number of amides is 1. The Kier molecular flexibility index (Phi) is 4.14. The van der Waals surface area contributed by atoms with Gasteiger partial charge in [-0.1, -0.05) is 6.92 Å². The van der Waals surface area contributed by atoms with Gasteiger partial charge in [0, 0.05) is 18.5 Å². The van der Waals surface area contributed by atoms with E-state index in [0.29, 0.717) is 18.2 Å². The van der Waals surface area contributed by atoms with Crippen molar-refractivity contribution >= 4 is 5.91 Å². The van der Waals surface area contributed by atoms with E-state index in [1.165, 1.54) is 0 Å². The van der Waals surface area contributed by atoms with Gasteiger partial charge in [-0.25, -0.2) is 0 Å². The molecule has 0 aromatic heterocycles. The fourth-order valence-corrected chi connectivity index (χ4v) is 2.58. The summed E-state index contributed by atoms with van der Waals surface area (Å²) in [6, 6.07) is 0. The summed E-state index contributed by atoms with van der Waals surface area (Å²) in [5.41, 5.74) is 0.0656. The van der Waals surface area contributed by atoms with Crippen LogP contribution in [0.3, 0.4) is 0 Å². The zero-order valence-electron chi connectivity index (χ0n) is 10.5. The quantitative estimate of drug-likeness (QED) is 0.718. The van der Waals surface area contributed by atoms with Crippen LogP contribution in [0.15, 0.2) is 0 Å². The first kappa shape index (κ1) is 12.5. The highest BCUT2D eigenvalue weighted by atomic mass is 16.2. The molecule has 88 valence electrons. The Hall–Kier alpha value is -0.570. The third-order valence-electron chi connectivity index (χ3n) is 3.19. The van der Waals surface area contributed by atoms with E-state index in [-0.39, 0.29) is 5.54 Å². The lowest BCUT2D eigenvalue weighted by atomic mass is 9.97. The van der Waals surface area contributed by atoms with E-state index in [9.17, 15) is 4.79 Å². The molecule has 3 heteroatoms. The van der Waals surface area contributed by atoms with Crippen molar-refractivity contribution in [3.05, 3.63) is 0 Å². The molecule has 0 saturated carbocycles. The number of nitrogens with zero attached hydrogens (tertiary/aromatic N) is 1. The second-order valence-electron chi connectivity index (χ2n) is 5.33. The van der Waals surface area contributed by atoms with Crippen LogP contribution in [0.1, 0.15) is 40.0 Å². The Bertz CT molecular complexity index is 226. The first-order valence-corrected chi connectivity index (χ1v) is 5.92. The average molecular weight is 212 g/mol. The van der Waals surface area contributed by atoms with Crippen molar-refractivity contribution in [3.63, 3.8) is 0 Å². The van der Waals surface area contributed by atoms with Gasteiger partial charge in [0.2, 0.25) is 5.91 Å². The number of nitrogens with one attached hydrogen (secondary N) is 1. The van der Waals surface area contributed by atoms with Crippen molar-refractivity contribution in [2.24, 2.45) is 5.92 Å². The third kappa shape index (κ3) is 3.20. The summed E-state index contributed by atoms with van der Waals surface area (Å²) in [6.45, 7) is 8.43. The van der Waals surface area contributed by atoms with E-state index in [0.717, 1.165) is 25.9 Å². The van der Waals surface area contributed by atoms with Gasteiger partial charge in [0.25, 0.3) is 0 Å². The van der Waals surface area contributed by atoms with E-state index in [4.69, 9.17) is 0 Å². The molecule has 1 aliphatic heterocycles. The second-order valence-corrected chi connectivity index (χ2v) is 5.33. The van der Waals surface area contributed by atoms with E-state index >= 15 is 0 Å². The van der Waals surface area contributed by atoms with Crippen molar-refractivity contribution in [1.29, 1.82) is 0 Å². The van der Waals surface area contributed by atoms with Crippen LogP contribution in [0.25, 0.3) is 0 Å². The highest BCUT2D eigenvalue weighted by Gasteiger charge is 2.38. The van der Waals surface area contributed by atoms with Gasteiger partial charge < -0.3 is 10.2 Å². The minimum Gasteiger partial charge on any atom is -0.337 e. The lowest BCUT2D eigenvalue weighted by molar-refractivity contribution is -0.134. The van der Waals surface area contributed by atoms with Crippen molar-refractivity contribution in [3.8, 4) is 0 Å². The molecule has 1 heterocycles. The van der Waals surface area contributed by atoms with Gasteiger partial charge in [0.15, 0.2) is 0 Å². The maximum Gasteiger partial charge on any atom is 0.223 e. The Morgan fingerprint density at radius 2 is 2.20 bits per heavy atom. The summed E-state index contributed by atoms with van der Waals surface area (Å²) < 4.78 is 0. The summed E-state index contributed by atoms with van der Waals surface area (Å²) in [5, 5.41) is 3.07. The molecule has 1 unspecified atom stereocenters. The van der Waals surface area contributed by atoms with E-state index in [1.807, 2.05) is 7.05 Å². The summed E-state index contributed by atoms with van der Waals surface area (Å²) in [5.74, 6) is 0.966. The SMILES string of the molecule is CNCCCC(=O)N1CC(C)CC1(C)C. The van der Waals surface area contributed by atoms with Crippen LogP contribution < -0.4 is 5.32 Å². The van der Waals surface area contributed by atoms with Gasteiger partial charge in [-0.3, -0.25) is 4.79 Å². The molecule has 1 saturated heterocycles. The van der Waals surface area contributed by atoms with Gasteiger partial charge in [-0.2, -0.15) is 0 Å². The molecule has 1 fully saturated rings. The highest BCUT2D eigenvalue weighted by Crippen LogP contribution is 2.32. The first-order valence-electron chi connectivity index (χ1n) is 5.92. The lowest BCUT2D eigenvalue weighted by Gasteiger charge is -2.31. The second kappa shape index (κ2) is 4.97. The number of hydrogen-bond acceptors (Lipinski definition) is 2. The number of likely N-dealkylation sites (tertiary alicyclic amines) is 1. The van der Waals surface area contributed by atoms with Crippen LogP contribution in [0.4, 0.5) is 0 Å². The molecule has 1 atom stereocenters. The zero-order valence-corrected chi connectivity index (χ0v) is 10.5. The Morgan fingerprint density at radius 1 is 1.53 bits per heavy atom.